The third-order valence-electron chi connectivity index (χ3n) is 10.5. The van der Waals surface area contributed by atoms with Crippen LogP contribution in [-0.2, 0) is 5.41 Å². The number of para-hydroxylation sites is 1. The average molecular weight is 590 g/mol. The lowest BCUT2D eigenvalue weighted by Gasteiger charge is -2.24. The quantitative estimate of drug-likeness (QED) is 0.181. The van der Waals surface area contributed by atoms with Crippen LogP contribution in [0.3, 0.4) is 0 Å². The Morgan fingerprint density at radius 3 is 1.98 bits per heavy atom. The first-order valence-corrected chi connectivity index (χ1v) is 16.3. The van der Waals surface area contributed by atoms with Crippen LogP contribution in [0.5, 0.6) is 0 Å². The van der Waals surface area contributed by atoms with Gasteiger partial charge in [0.05, 0.1) is 0 Å². The molecule has 46 heavy (non-hydrogen) atoms. The number of hydrogen-bond donors (Lipinski definition) is 0. The molecule has 0 bridgehead atoms. The minimum absolute atomic E-state index is 0.0513. The molecule has 1 heteroatoms. The third kappa shape index (κ3) is 3.75. The highest BCUT2D eigenvalue weighted by molar-refractivity contribution is 6.23. The summed E-state index contributed by atoms with van der Waals surface area (Å²) in [4.78, 5) is 2.34. The Hall–Kier alpha value is -5.40. The fourth-order valence-electron chi connectivity index (χ4n) is 8.23. The van der Waals surface area contributed by atoms with Crippen molar-refractivity contribution in [1.29, 1.82) is 0 Å². The normalized spacial score (nSPS) is 14.1. The molecule has 0 unspecified atom stereocenters. The summed E-state index contributed by atoms with van der Waals surface area (Å²) in [5, 5.41) is 5.16. The number of fused-ring (bicyclic) bond motifs is 7. The third-order valence-corrected chi connectivity index (χ3v) is 10.5. The molecule has 1 aliphatic carbocycles. The summed E-state index contributed by atoms with van der Waals surface area (Å²) in [6, 6.07) is 47.6. The zero-order valence-electron chi connectivity index (χ0n) is 26.7. The van der Waals surface area contributed by atoms with Gasteiger partial charge in [0.15, 0.2) is 0 Å². The van der Waals surface area contributed by atoms with Crippen LogP contribution in [0.25, 0.3) is 67.1 Å². The van der Waals surface area contributed by atoms with Crippen LogP contribution in [0.4, 0.5) is 11.4 Å². The Bertz CT molecular complexity index is 2420. The predicted octanol–water partition coefficient (Wildman–Crippen LogP) is 12.2. The molecule has 220 valence electrons. The van der Waals surface area contributed by atoms with Gasteiger partial charge in [0.25, 0.3) is 0 Å². The molecule has 2 aliphatic rings. The van der Waals surface area contributed by atoms with Crippen LogP contribution in [0, 0.1) is 6.92 Å². The first-order valence-electron chi connectivity index (χ1n) is 16.3. The monoisotopic (exact) mass is 589 g/mol. The minimum atomic E-state index is -0.0513. The lowest BCUT2D eigenvalue weighted by molar-refractivity contribution is 0.660. The van der Waals surface area contributed by atoms with Crippen LogP contribution >= 0.6 is 0 Å². The van der Waals surface area contributed by atoms with Gasteiger partial charge in [-0.1, -0.05) is 147 Å². The standard InChI is InChI=1S/C45H35N/c1-28-20-25-34-37(26-28)43(36-16-11-18-39-44(36)35-15-8-9-17-38(35)45(39,2)3)33-14-7-6-13-32(33)42(34)31-24-23-30-22-21-29-12-5-10-19-40(29)46(4)41(30)27-31/h5-27H,1-4H3. The van der Waals surface area contributed by atoms with Crippen LogP contribution in [0.1, 0.15) is 41.7 Å². The molecular weight excluding hydrogens is 555 g/mol. The fourth-order valence-corrected chi connectivity index (χ4v) is 8.23. The molecule has 0 N–H and O–H groups in total. The van der Waals surface area contributed by atoms with Crippen molar-refractivity contribution < 1.29 is 0 Å². The van der Waals surface area contributed by atoms with Crippen molar-refractivity contribution >= 4 is 45.1 Å². The van der Waals surface area contributed by atoms with E-state index in [9.17, 15) is 0 Å². The predicted molar refractivity (Wildman–Crippen MR) is 198 cm³/mol. The van der Waals surface area contributed by atoms with Gasteiger partial charge in [-0.05, 0) is 96.2 Å². The highest BCUT2D eigenvalue weighted by Gasteiger charge is 2.37. The van der Waals surface area contributed by atoms with Gasteiger partial charge in [0.1, 0.15) is 0 Å². The Morgan fingerprint density at radius 1 is 0.478 bits per heavy atom. The summed E-state index contributed by atoms with van der Waals surface area (Å²) in [6.45, 7) is 6.95. The highest BCUT2D eigenvalue weighted by atomic mass is 15.1. The molecule has 0 radical (unpaired) electrons. The van der Waals surface area contributed by atoms with Gasteiger partial charge < -0.3 is 4.90 Å². The SMILES string of the molecule is Cc1ccc2c(-c3ccc4c(c3)N(C)c3ccccc3C=C4)c3ccccc3c(-c3cccc4c3-c3ccccc3C4(C)C)c2c1. The maximum atomic E-state index is 2.40. The van der Waals surface area contributed by atoms with E-state index in [0.29, 0.717) is 0 Å². The van der Waals surface area contributed by atoms with E-state index in [-0.39, 0.29) is 5.41 Å². The van der Waals surface area contributed by atoms with Crippen molar-refractivity contribution in [2.24, 2.45) is 0 Å². The van der Waals surface area contributed by atoms with Crippen molar-refractivity contribution in [3.63, 3.8) is 0 Å². The van der Waals surface area contributed by atoms with Crippen molar-refractivity contribution in [3.8, 4) is 33.4 Å². The second-order valence-corrected chi connectivity index (χ2v) is 13.5. The topological polar surface area (TPSA) is 3.24 Å². The summed E-state index contributed by atoms with van der Waals surface area (Å²) < 4.78 is 0. The highest BCUT2D eigenvalue weighted by Crippen LogP contribution is 2.54. The summed E-state index contributed by atoms with van der Waals surface area (Å²) in [5.74, 6) is 0. The van der Waals surface area contributed by atoms with Gasteiger partial charge in [0, 0.05) is 23.8 Å². The van der Waals surface area contributed by atoms with Gasteiger partial charge in [-0.15, -0.1) is 0 Å². The van der Waals surface area contributed by atoms with E-state index in [4.69, 9.17) is 0 Å². The van der Waals surface area contributed by atoms with Gasteiger partial charge in [-0.3, -0.25) is 0 Å². The lowest BCUT2D eigenvalue weighted by Crippen LogP contribution is -2.14. The Labute approximate surface area is 271 Å². The number of nitrogens with zero attached hydrogens (tertiary/aromatic N) is 1. The van der Waals surface area contributed by atoms with E-state index in [0.717, 1.165) is 0 Å². The molecule has 1 aliphatic heterocycles. The smallest absolute Gasteiger partial charge is 0.0488 e. The minimum Gasteiger partial charge on any atom is -0.344 e. The first-order chi connectivity index (χ1) is 22.4. The second-order valence-electron chi connectivity index (χ2n) is 13.5. The Morgan fingerprint density at radius 2 is 1.13 bits per heavy atom. The largest absolute Gasteiger partial charge is 0.344 e. The Balaban J connectivity index is 1.36. The first kappa shape index (κ1) is 27.0. The maximum absolute atomic E-state index is 2.40. The fraction of sp³-hybridized carbons (Fsp3) is 0.111. The van der Waals surface area contributed by atoms with Gasteiger partial charge in [0.2, 0.25) is 0 Å². The average Bonchev–Trinajstić information content (AvgIpc) is 3.22. The van der Waals surface area contributed by atoms with Gasteiger partial charge >= 0.3 is 0 Å². The van der Waals surface area contributed by atoms with Gasteiger partial charge in [-0.25, -0.2) is 0 Å². The molecule has 0 spiro atoms. The molecule has 0 fully saturated rings. The summed E-state index contributed by atoms with van der Waals surface area (Å²) in [7, 11) is 2.19. The summed E-state index contributed by atoms with van der Waals surface area (Å²) >= 11 is 0. The van der Waals surface area contributed by atoms with Crippen molar-refractivity contribution in [1.82, 2.24) is 0 Å². The molecule has 0 saturated heterocycles. The van der Waals surface area contributed by atoms with E-state index in [1.165, 1.54) is 94.1 Å². The zero-order chi connectivity index (χ0) is 31.2. The second kappa shape index (κ2) is 9.80. The maximum Gasteiger partial charge on any atom is 0.0488 e. The van der Waals surface area contributed by atoms with Crippen LogP contribution in [0.15, 0.2) is 127 Å². The molecule has 7 aromatic carbocycles. The molecule has 9 rings (SSSR count). The number of anilines is 2. The van der Waals surface area contributed by atoms with Crippen molar-refractivity contribution in [2.75, 3.05) is 11.9 Å². The van der Waals surface area contributed by atoms with Crippen molar-refractivity contribution in [3.05, 3.63) is 155 Å². The number of benzene rings is 7. The van der Waals surface area contributed by atoms with E-state index < -0.39 is 0 Å². The summed E-state index contributed by atoms with van der Waals surface area (Å²) in [5.41, 5.74) is 16.8. The Kier molecular flexibility index (Phi) is 5.74. The summed E-state index contributed by atoms with van der Waals surface area (Å²) in [6.07, 6.45) is 4.48. The van der Waals surface area contributed by atoms with E-state index in [1.54, 1.807) is 0 Å². The van der Waals surface area contributed by atoms with Crippen LogP contribution in [0.2, 0.25) is 0 Å². The molecule has 0 atom stereocenters. The van der Waals surface area contributed by atoms with E-state index in [1.807, 2.05) is 0 Å². The number of aryl methyl sites for hydroxylation is 1. The lowest BCUT2D eigenvalue weighted by atomic mass is 9.80. The van der Waals surface area contributed by atoms with Crippen LogP contribution < -0.4 is 4.90 Å². The number of rotatable bonds is 2. The van der Waals surface area contributed by atoms with Gasteiger partial charge in [-0.2, -0.15) is 0 Å². The van der Waals surface area contributed by atoms with Crippen LogP contribution in [-0.4, -0.2) is 7.05 Å². The van der Waals surface area contributed by atoms with Crippen molar-refractivity contribution in [2.45, 2.75) is 26.2 Å². The molecule has 1 nitrogen and oxygen atoms in total. The number of hydrogen-bond acceptors (Lipinski definition) is 1. The van der Waals surface area contributed by atoms with E-state index in [2.05, 4.69) is 172 Å². The molecule has 0 amide bonds. The molecule has 0 aromatic heterocycles. The molecular formula is C45H35N. The zero-order valence-corrected chi connectivity index (χ0v) is 26.7. The van der Waals surface area contributed by atoms with E-state index >= 15 is 0 Å². The molecule has 0 saturated carbocycles. The molecule has 7 aromatic rings. The molecule has 1 heterocycles.